The average Bonchev–Trinajstić information content (AvgIpc) is 2.59. The minimum atomic E-state index is -0.606. The lowest BCUT2D eigenvalue weighted by Crippen LogP contribution is -2.46. The molecule has 0 aliphatic heterocycles. The van der Waals surface area contributed by atoms with Crippen LogP contribution in [0.15, 0.2) is 47.3 Å². The lowest BCUT2D eigenvalue weighted by molar-refractivity contribution is -0.120. The molecular formula is C14H12BrN5O3. The Labute approximate surface area is 139 Å². The number of carbonyl (C=O) groups is 3. The highest BCUT2D eigenvalue weighted by Gasteiger charge is 2.10. The lowest BCUT2D eigenvalue weighted by atomic mass is 10.2. The van der Waals surface area contributed by atoms with Crippen LogP contribution < -0.4 is 16.2 Å². The number of nitrogens with one attached hydrogen (secondary N) is 3. The Bertz CT molecular complexity index is 706. The zero-order valence-electron chi connectivity index (χ0n) is 11.7. The van der Waals surface area contributed by atoms with Crippen LogP contribution in [-0.2, 0) is 4.79 Å². The summed E-state index contributed by atoms with van der Waals surface area (Å²) in [6.07, 6.45) is 4.04. The third-order valence-electron chi connectivity index (χ3n) is 2.63. The van der Waals surface area contributed by atoms with Crippen LogP contribution in [0.25, 0.3) is 0 Å². The van der Waals surface area contributed by atoms with Gasteiger partial charge in [0.15, 0.2) is 0 Å². The van der Waals surface area contributed by atoms with Gasteiger partial charge in [0.25, 0.3) is 17.7 Å². The zero-order chi connectivity index (χ0) is 16.7. The number of hydrogen-bond donors (Lipinski definition) is 3. The molecule has 8 nitrogen and oxygen atoms in total. The highest BCUT2D eigenvalue weighted by atomic mass is 79.9. The number of aromatic nitrogens is 2. The topological polar surface area (TPSA) is 113 Å². The fourth-order valence-corrected chi connectivity index (χ4v) is 1.78. The summed E-state index contributed by atoms with van der Waals surface area (Å²) in [5, 5.41) is 2.44. The first-order valence-corrected chi connectivity index (χ1v) is 7.24. The smallest absolute Gasteiger partial charge is 0.289 e. The molecule has 9 heteroatoms. The Morgan fingerprint density at radius 2 is 1.74 bits per heavy atom. The number of carbonyl (C=O) groups excluding carboxylic acids is 3. The largest absolute Gasteiger partial charge is 0.343 e. The van der Waals surface area contributed by atoms with Gasteiger partial charge in [-0.05, 0) is 24.3 Å². The van der Waals surface area contributed by atoms with E-state index in [1.807, 2.05) is 0 Å². The number of hydrazine groups is 1. The molecule has 0 aliphatic rings. The summed E-state index contributed by atoms with van der Waals surface area (Å²) < 4.78 is 0.846. The molecule has 23 heavy (non-hydrogen) atoms. The van der Waals surface area contributed by atoms with Crippen molar-refractivity contribution in [3.63, 3.8) is 0 Å². The van der Waals surface area contributed by atoms with Crippen LogP contribution in [0.3, 0.4) is 0 Å². The second-order valence-electron chi connectivity index (χ2n) is 4.28. The Morgan fingerprint density at radius 1 is 1.00 bits per heavy atom. The number of hydrogen-bond acceptors (Lipinski definition) is 5. The van der Waals surface area contributed by atoms with Crippen molar-refractivity contribution in [1.29, 1.82) is 0 Å². The normalized spacial score (nSPS) is 9.78. The maximum Gasteiger partial charge on any atom is 0.289 e. The average molecular weight is 378 g/mol. The van der Waals surface area contributed by atoms with Gasteiger partial charge in [0.1, 0.15) is 5.69 Å². The van der Waals surface area contributed by atoms with Gasteiger partial charge < -0.3 is 5.32 Å². The molecule has 0 atom stereocenters. The van der Waals surface area contributed by atoms with E-state index in [1.54, 1.807) is 24.3 Å². The van der Waals surface area contributed by atoms with Crippen LogP contribution >= 0.6 is 15.9 Å². The summed E-state index contributed by atoms with van der Waals surface area (Å²) in [6.45, 7) is -0.282. The molecule has 0 spiro atoms. The van der Waals surface area contributed by atoms with E-state index in [0.29, 0.717) is 5.56 Å². The van der Waals surface area contributed by atoms with Gasteiger partial charge in [-0.3, -0.25) is 30.2 Å². The second kappa shape index (κ2) is 7.99. The van der Waals surface area contributed by atoms with E-state index in [2.05, 4.69) is 42.1 Å². The van der Waals surface area contributed by atoms with E-state index in [9.17, 15) is 14.4 Å². The lowest BCUT2D eigenvalue weighted by Gasteiger charge is -2.08. The molecule has 3 amide bonds. The van der Waals surface area contributed by atoms with Gasteiger partial charge in [-0.25, -0.2) is 4.98 Å². The summed E-state index contributed by atoms with van der Waals surface area (Å²) in [4.78, 5) is 42.5. The molecule has 0 bridgehead atoms. The first-order valence-electron chi connectivity index (χ1n) is 6.45. The third-order valence-corrected chi connectivity index (χ3v) is 3.16. The molecule has 2 rings (SSSR count). The number of nitrogens with zero attached hydrogens (tertiary/aromatic N) is 2. The van der Waals surface area contributed by atoms with Crippen LogP contribution in [0.4, 0.5) is 0 Å². The van der Waals surface area contributed by atoms with Gasteiger partial charge in [-0.2, -0.15) is 0 Å². The Kier molecular flexibility index (Phi) is 5.75. The molecule has 0 saturated heterocycles. The summed E-state index contributed by atoms with van der Waals surface area (Å²) >= 11 is 3.26. The van der Waals surface area contributed by atoms with E-state index < -0.39 is 17.7 Å². The molecule has 1 aromatic heterocycles. The molecule has 118 valence electrons. The van der Waals surface area contributed by atoms with Crippen molar-refractivity contribution in [1.82, 2.24) is 26.1 Å². The molecule has 1 heterocycles. The van der Waals surface area contributed by atoms with Gasteiger partial charge in [0.05, 0.1) is 12.7 Å². The maximum absolute atomic E-state index is 11.8. The number of benzene rings is 1. The predicted octanol–water partition coefficient (Wildman–Crippen LogP) is 0.430. The molecule has 3 N–H and O–H groups in total. The van der Waals surface area contributed by atoms with Gasteiger partial charge in [-0.1, -0.05) is 15.9 Å². The monoisotopic (exact) mass is 377 g/mol. The van der Waals surface area contributed by atoms with Crippen LogP contribution in [0.1, 0.15) is 20.8 Å². The highest BCUT2D eigenvalue weighted by Crippen LogP contribution is 2.10. The first kappa shape index (κ1) is 16.6. The highest BCUT2D eigenvalue weighted by molar-refractivity contribution is 9.10. The van der Waals surface area contributed by atoms with Crippen LogP contribution in [0.2, 0.25) is 0 Å². The zero-order valence-corrected chi connectivity index (χ0v) is 13.3. The SMILES string of the molecule is O=C(CNC(=O)c1ccc(Br)cc1)NNC(=O)c1cnccn1. The van der Waals surface area contributed by atoms with Crippen molar-refractivity contribution in [3.05, 3.63) is 58.6 Å². The molecule has 0 radical (unpaired) electrons. The first-order chi connectivity index (χ1) is 11.1. The fraction of sp³-hybridized carbons (Fsp3) is 0.0714. The number of rotatable bonds is 4. The minimum absolute atomic E-state index is 0.0618. The van der Waals surface area contributed by atoms with Gasteiger partial charge in [-0.15, -0.1) is 0 Å². The van der Waals surface area contributed by atoms with E-state index in [4.69, 9.17) is 0 Å². The standard InChI is InChI=1S/C14H12BrN5O3/c15-10-3-1-9(2-4-10)13(22)18-8-12(21)19-20-14(23)11-7-16-5-6-17-11/h1-7H,8H2,(H,18,22)(H,19,21)(H,20,23). The van der Waals surface area contributed by atoms with Crippen molar-refractivity contribution in [2.75, 3.05) is 6.54 Å². The second-order valence-corrected chi connectivity index (χ2v) is 5.20. The predicted molar refractivity (Wildman–Crippen MR) is 84.1 cm³/mol. The van der Waals surface area contributed by atoms with E-state index in [-0.39, 0.29) is 12.2 Å². The molecule has 0 saturated carbocycles. The van der Waals surface area contributed by atoms with E-state index in [0.717, 1.165) is 4.47 Å². The molecule has 0 aliphatic carbocycles. The van der Waals surface area contributed by atoms with Crippen molar-refractivity contribution < 1.29 is 14.4 Å². The van der Waals surface area contributed by atoms with Crippen molar-refractivity contribution in [2.45, 2.75) is 0 Å². The van der Waals surface area contributed by atoms with Gasteiger partial charge >= 0.3 is 0 Å². The summed E-state index contributed by atoms with van der Waals surface area (Å²) in [5.41, 5.74) is 4.82. The van der Waals surface area contributed by atoms with E-state index in [1.165, 1.54) is 18.6 Å². The fourth-order valence-electron chi connectivity index (χ4n) is 1.51. The van der Waals surface area contributed by atoms with Crippen molar-refractivity contribution in [2.24, 2.45) is 0 Å². The molecule has 2 aromatic rings. The molecule has 0 fully saturated rings. The van der Waals surface area contributed by atoms with Crippen LogP contribution in [0, 0.1) is 0 Å². The summed E-state index contributed by atoms with van der Waals surface area (Å²) in [7, 11) is 0. The Morgan fingerprint density at radius 3 is 2.39 bits per heavy atom. The minimum Gasteiger partial charge on any atom is -0.343 e. The van der Waals surface area contributed by atoms with Crippen LogP contribution in [-0.4, -0.2) is 34.2 Å². The van der Waals surface area contributed by atoms with Crippen molar-refractivity contribution >= 4 is 33.7 Å². The molecular weight excluding hydrogens is 366 g/mol. The van der Waals surface area contributed by atoms with Gasteiger partial charge in [0.2, 0.25) is 0 Å². The number of amides is 3. The quantitative estimate of drug-likeness (QED) is 0.668. The number of halogens is 1. The third kappa shape index (κ3) is 5.15. The van der Waals surface area contributed by atoms with Gasteiger partial charge in [0, 0.05) is 22.4 Å². The summed E-state index contributed by atoms with van der Waals surface area (Å²) in [6, 6.07) is 6.67. The van der Waals surface area contributed by atoms with Crippen LogP contribution in [0.5, 0.6) is 0 Å². The molecule has 1 aromatic carbocycles. The van der Waals surface area contributed by atoms with Crippen molar-refractivity contribution in [3.8, 4) is 0 Å². The Hall–Kier alpha value is -2.81. The Balaban J connectivity index is 1.76. The summed E-state index contributed by atoms with van der Waals surface area (Å²) in [5.74, 6) is -1.58. The molecule has 0 unspecified atom stereocenters. The van der Waals surface area contributed by atoms with E-state index >= 15 is 0 Å². The maximum atomic E-state index is 11.8.